The number of hydrogen-bond donors (Lipinski definition) is 0. The number of aldehydes is 1. The van der Waals surface area contributed by atoms with Crippen molar-refractivity contribution in [1.29, 1.82) is 0 Å². The smallest absolute Gasteiger partial charge is 0.166 e. The third kappa shape index (κ3) is 3.04. The van der Waals surface area contributed by atoms with Crippen LogP contribution in [0.5, 0.6) is 5.75 Å². The van der Waals surface area contributed by atoms with Gasteiger partial charge in [-0.15, -0.1) is 0 Å². The van der Waals surface area contributed by atoms with E-state index in [0.717, 1.165) is 22.8 Å². The Bertz CT molecular complexity index is 930. The zero-order chi connectivity index (χ0) is 20.1. The fourth-order valence-electron chi connectivity index (χ4n) is 3.71. The number of halogens is 2. The highest BCUT2D eigenvalue weighted by Gasteiger charge is 2.39. The van der Waals surface area contributed by atoms with Gasteiger partial charge in [-0.2, -0.15) is 0 Å². The molecule has 1 aliphatic rings. The lowest BCUT2D eigenvalue weighted by Gasteiger charge is -2.42. The van der Waals surface area contributed by atoms with Gasteiger partial charge >= 0.3 is 0 Å². The highest BCUT2D eigenvalue weighted by Crippen LogP contribution is 2.46. The van der Waals surface area contributed by atoms with Crippen molar-refractivity contribution >= 4 is 6.29 Å². The summed E-state index contributed by atoms with van der Waals surface area (Å²) < 4.78 is 40.7. The summed E-state index contributed by atoms with van der Waals surface area (Å²) in [5.74, 6) is -1.75. The van der Waals surface area contributed by atoms with Gasteiger partial charge in [0.25, 0.3) is 0 Å². The summed E-state index contributed by atoms with van der Waals surface area (Å²) in [5.41, 5.74) is 2.16. The maximum Gasteiger partial charge on any atom is 0.166 e. The molecular formula is C22H24F2O3. The van der Waals surface area contributed by atoms with Crippen LogP contribution in [0.3, 0.4) is 0 Å². The quantitative estimate of drug-likeness (QED) is 0.684. The molecule has 0 radical (unpaired) electrons. The van der Waals surface area contributed by atoms with Crippen molar-refractivity contribution in [2.45, 2.75) is 45.6 Å². The molecular weight excluding hydrogens is 350 g/mol. The number of fused-ring (bicyclic) bond motifs is 1. The Kier molecular flexibility index (Phi) is 4.63. The molecule has 144 valence electrons. The van der Waals surface area contributed by atoms with Crippen molar-refractivity contribution in [2.24, 2.45) is 0 Å². The average Bonchev–Trinajstić information content (AvgIpc) is 2.60. The third-order valence-electron chi connectivity index (χ3n) is 5.34. The molecule has 5 heteroatoms. The summed E-state index contributed by atoms with van der Waals surface area (Å²) in [6, 6.07) is 4.69. The van der Waals surface area contributed by atoms with Gasteiger partial charge in [-0.05, 0) is 55.2 Å². The number of rotatable bonds is 3. The van der Waals surface area contributed by atoms with E-state index in [-0.39, 0.29) is 22.3 Å². The van der Waals surface area contributed by atoms with E-state index < -0.39 is 17.2 Å². The highest BCUT2D eigenvalue weighted by atomic mass is 19.1. The van der Waals surface area contributed by atoms with Gasteiger partial charge in [-0.3, -0.25) is 4.79 Å². The summed E-state index contributed by atoms with van der Waals surface area (Å²) in [7, 11) is 1.29. The molecule has 0 aliphatic carbocycles. The van der Waals surface area contributed by atoms with E-state index in [9.17, 15) is 9.18 Å². The summed E-state index contributed by atoms with van der Waals surface area (Å²) in [6.45, 7) is 10.4. The molecule has 0 saturated heterocycles. The van der Waals surface area contributed by atoms with Crippen LogP contribution in [0, 0.1) is 18.6 Å². The number of carbonyl (C=O) groups excluding carboxylic acids is 1. The first-order chi connectivity index (χ1) is 12.5. The number of ether oxygens (including phenoxy) is 2. The normalized spacial score (nSPS) is 17.3. The summed E-state index contributed by atoms with van der Waals surface area (Å²) >= 11 is 0. The van der Waals surface area contributed by atoms with Gasteiger partial charge in [-0.1, -0.05) is 19.9 Å². The third-order valence-corrected chi connectivity index (χ3v) is 5.34. The lowest BCUT2D eigenvalue weighted by Crippen LogP contribution is -2.40. The molecule has 0 unspecified atom stereocenters. The van der Waals surface area contributed by atoms with Crippen LogP contribution in [0.1, 0.15) is 54.7 Å². The molecule has 0 atom stereocenters. The molecule has 2 aromatic rings. The fourth-order valence-corrected chi connectivity index (χ4v) is 3.71. The van der Waals surface area contributed by atoms with Gasteiger partial charge in [0, 0.05) is 5.41 Å². The maximum absolute atomic E-state index is 15.0. The van der Waals surface area contributed by atoms with Crippen LogP contribution >= 0.6 is 0 Å². The first-order valence-corrected chi connectivity index (χ1v) is 8.84. The Morgan fingerprint density at radius 2 is 1.78 bits per heavy atom. The molecule has 0 N–H and O–H groups in total. The lowest BCUT2D eigenvalue weighted by atomic mass is 9.73. The number of hydrogen-bond acceptors (Lipinski definition) is 3. The highest BCUT2D eigenvalue weighted by molar-refractivity contribution is 5.84. The maximum atomic E-state index is 15.0. The van der Waals surface area contributed by atoms with Crippen LogP contribution in [-0.2, 0) is 15.8 Å². The largest absolute Gasteiger partial charge is 0.493 e. The summed E-state index contributed by atoms with van der Waals surface area (Å²) in [6.07, 6.45) is 0.315. The fraction of sp³-hybridized carbons (Fsp3) is 0.409. The first kappa shape index (κ1) is 19.5. The zero-order valence-electron chi connectivity index (χ0n) is 16.5. The predicted octanol–water partition coefficient (Wildman–Crippen LogP) is 5.30. The van der Waals surface area contributed by atoms with E-state index in [1.807, 2.05) is 32.9 Å². The Labute approximate surface area is 158 Å². The van der Waals surface area contributed by atoms with Gasteiger partial charge in [0.15, 0.2) is 17.9 Å². The van der Waals surface area contributed by atoms with Gasteiger partial charge in [0.2, 0.25) is 0 Å². The van der Waals surface area contributed by atoms with Crippen molar-refractivity contribution in [3.63, 3.8) is 0 Å². The number of benzene rings is 2. The summed E-state index contributed by atoms with van der Waals surface area (Å²) in [4.78, 5) is 11.2. The van der Waals surface area contributed by atoms with Crippen LogP contribution in [0.2, 0.25) is 0 Å². The molecule has 1 heterocycles. The van der Waals surface area contributed by atoms with Crippen molar-refractivity contribution in [2.75, 3.05) is 13.7 Å². The van der Waals surface area contributed by atoms with Gasteiger partial charge in [-0.25, -0.2) is 8.78 Å². The second-order valence-corrected chi connectivity index (χ2v) is 8.18. The molecule has 2 aromatic carbocycles. The Morgan fingerprint density at radius 1 is 1.11 bits per heavy atom. The number of methoxy groups -OCH3 is 1. The molecule has 0 fully saturated rings. The van der Waals surface area contributed by atoms with Crippen molar-refractivity contribution in [3.8, 4) is 16.9 Å². The van der Waals surface area contributed by atoms with E-state index in [1.54, 1.807) is 0 Å². The zero-order valence-corrected chi connectivity index (χ0v) is 16.5. The number of aryl methyl sites for hydroxylation is 1. The van der Waals surface area contributed by atoms with Crippen LogP contribution in [-0.4, -0.2) is 20.0 Å². The monoisotopic (exact) mass is 374 g/mol. The van der Waals surface area contributed by atoms with Gasteiger partial charge < -0.3 is 9.47 Å². The standard InChI is InChI=1S/C22H24F2O3/c1-12-7-16-15(21(2,3)11-27-22(16,4)5)9-14(12)18-19(24)13(10-25)8-17(23)20(18)26-6/h7-10H,11H2,1-6H3. The van der Waals surface area contributed by atoms with Gasteiger partial charge in [0.05, 0.1) is 30.4 Å². The molecule has 0 bridgehead atoms. The molecule has 3 nitrogen and oxygen atoms in total. The van der Waals surface area contributed by atoms with Crippen LogP contribution in [0.25, 0.3) is 11.1 Å². The Morgan fingerprint density at radius 3 is 2.37 bits per heavy atom. The topological polar surface area (TPSA) is 35.5 Å². The molecule has 0 amide bonds. The second-order valence-electron chi connectivity index (χ2n) is 8.18. The Hall–Kier alpha value is -2.27. The Balaban J connectivity index is 2.39. The first-order valence-electron chi connectivity index (χ1n) is 8.84. The van der Waals surface area contributed by atoms with Crippen LogP contribution in [0.4, 0.5) is 8.78 Å². The molecule has 0 saturated carbocycles. The van der Waals surface area contributed by atoms with Crippen LogP contribution < -0.4 is 4.74 Å². The molecule has 27 heavy (non-hydrogen) atoms. The van der Waals surface area contributed by atoms with Crippen molar-refractivity contribution in [3.05, 3.63) is 52.1 Å². The van der Waals surface area contributed by atoms with E-state index in [1.165, 1.54) is 7.11 Å². The SMILES string of the molecule is COc1c(F)cc(C=O)c(F)c1-c1cc2c(cc1C)C(C)(C)OCC2(C)C. The van der Waals surface area contributed by atoms with E-state index in [2.05, 4.69) is 13.8 Å². The number of carbonyl (C=O) groups is 1. The lowest BCUT2D eigenvalue weighted by molar-refractivity contribution is -0.0587. The van der Waals surface area contributed by atoms with E-state index >= 15 is 4.39 Å². The van der Waals surface area contributed by atoms with Gasteiger partial charge in [0.1, 0.15) is 5.82 Å². The van der Waals surface area contributed by atoms with Crippen molar-refractivity contribution in [1.82, 2.24) is 0 Å². The molecule has 3 rings (SSSR count). The minimum Gasteiger partial charge on any atom is -0.493 e. The molecule has 0 aromatic heterocycles. The minimum absolute atomic E-state index is 0.0278. The van der Waals surface area contributed by atoms with E-state index in [0.29, 0.717) is 18.5 Å². The second kappa shape index (κ2) is 6.41. The molecule has 1 aliphatic heterocycles. The average molecular weight is 374 g/mol. The van der Waals surface area contributed by atoms with E-state index in [4.69, 9.17) is 9.47 Å². The minimum atomic E-state index is -0.782. The van der Waals surface area contributed by atoms with Crippen LogP contribution in [0.15, 0.2) is 18.2 Å². The molecule has 0 spiro atoms. The summed E-state index contributed by atoms with van der Waals surface area (Å²) in [5, 5.41) is 0. The predicted molar refractivity (Wildman–Crippen MR) is 100 cm³/mol. The van der Waals surface area contributed by atoms with Crippen molar-refractivity contribution < 1.29 is 23.0 Å².